The highest BCUT2D eigenvalue weighted by molar-refractivity contribution is 6.34. The number of nitrogens with two attached hydrogens (primary N) is 2. The van der Waals surface area contributed by atoms with Crippen LogP contribution in [-0.4, -0.2) is 52.1 Å². The Kier molecular flexibility index (Phi) is 10.0. The predicted molar refractivity (Wildman–Crippen MR) is 120 cm³/mol. The number of carbonyl (C=O) groups is 3. The van der Waals surface area contributed by atoms with Crippen molar-refractivity contribution in [3.8, 4) is 0 Å². The van der Waals surface area contributed by atoms with Crippen LogP contribution in [0.15, 0.2) is 23.2 Å². The molecule has 10 nitrogen and oxygen atoms in total. The minimum atomic E-state index is -2.07. The summed E-state index contributed by atoms with van der Waals surface area (Å²) in [5.74, 6) is -2.32. The van der Waals surface area contributed by atoms with Gasteiger partial charge in [0, 0.05) is 36.1 Å². The largest absolute Gasteiger partial charge is 0.478 e. The molecular formula is C19H28Cl2N6O4. The fourth-order valence-electron chi connectivity index (χ4n) is 2.96. The zero-order chi connectivity index (χ0) is 23.8. The molecule has 3 amide bonds. The van der Waals surface area contributed by atoms with Crippen molar-refractivity contribution < 1.29 is 19.5 Å². The van der Waals surface area contributed by atoms with Crippen LogP contribution in [0.25, 0.3) is 0 Å². The Morgan fingerprint density at radius 2 is 1.77 bits per heavy atom. The molecule has 0 spiro atoms. The number of imide groups is 1. The summed E-state index contributed by atoms with van der Waals surface area (Å²) in [4.78, 5) is 42.2. The molecule has 0 unspecified atom stereocenters. The molecule has 1 rings (SSSR count). The van der Waals surface area contributed by atoms with E-state index in [1.807, 2.05) is 0 Å². The van der Waals surface area contributed by atoms with Crippen molar-refractivity contribution in [3.05, 3.63) is 33.8 Å². The maximum atomic E-state index is 12.8. The molecular weight excluding hydrogens is 447 g/mol. The van der Waals surface area contributed by atoms with Gasteiger partial charge >= 0.3 is 12.0 Å². The van der Waals surface area contributed by atoms with Crippen molar-refractivity contribution in [2.75, 3.05) is 6.54 Å². The van der Waals surface area contributed by atoms with Gasteiger partial charge in [0.05, 0.1) is 0 Å². The van der Waals surface area contributed by atoms with Gasteiger partial charge in [-0.2, -0.15) is 0 Å². The van der Waals surface area contributed by atoms with E-state index in [9.17, 15) is 19.5 Å². The van der Waals surface area contributed by atoms with Gasteiger partial charge in [0.1, 0.15) is 0 Å². The number of aliphatic imine (C=N–C) groups is 1. The fourth-order valence-corrected chi connectivity index (χ4v) is 3.53. The molecule has 1 aromatic carbocycles. The molecule has 7 N–H and O–H groups in total. The first kappa shape index (κ1) is 26.5. The lowest BCUT2D eigenvalue weighted by molar-refractivity contribution is -0.158. The summed E-state index contributed by atoms with van der Waals surface area (Å²) in [6.45, 7) is 4.58. The molecule has 1 atom stereocenters. The molecule has 172 valence electrons. The predicted octanol–water partition coefficient (Wildman–Crippen LogP) is 1.88. The van der Waals surface area contributed by atoms with E-state index in [2.05, 4.69) is 15.6 Å². The standard InChI is InChI=1S/C19H28Cl2N6O4/c1-11(2)26-18(31)27(12(3)28)19(16(29)30,5-4-6-24-17(22)23)25-10-13-7-14(20)9-15(21)8-13/h7-9,11,25H,4-6,10H2,1-3H3,(H,26,31)(H,29,30)(H4,22,23,24)/t19-/m0/s1. The first-order valence-electron chi connectivity index (χ1n) is 9.49. The van der Waals surface area contributed by atoms with Crippen molar-refractivity contribution in [1.29, 1.82) is 0 Å². The van der Waals surface area contributed by atoms with Crippen LogP contribution in [-0.2, 0) is 16.1 Å². The van der Waals surface area contributed by atoms with Gasteiger partial charge in [-0.1, -0.05) is 23.2 Å². The third kappa shape index (κ3) is 7.89. The van der Waals surface area contributed by atoms with Gasteiger partial charge in [0.25, 0.3) is 0 Å². The Labute approximate surface area is 190 Å². The van der Waals surface area contributed by atoms with Gasteiger partial charge in [-0.05, 0) is 50.5 Å². The molecule has 0 aromatic heterocycles. The number of amides is 3. The third-order valence-electron chi connectivity index (χ3n) is 4.16. The number of halogens is 2. The molecule has 0 aliphatic rings. The summed E-state index contributed by atoms with van der Waals surface area (Å²) in [6.07, 6.45) is 0.0186. The Hall–Kier alpha value is -2.56. The van der Waals surface area contributed by atoms with Crippen molar-refractivity contribution in [1.82, 2.24) is 15.5 Å². The lowest BCUT2D eigenvalue weighted by Crippen LogP contribution is -2.68. The first-order valence-corrected chi connectivity index (χ1v) is 10.2. The normalized spacial score (nSPS) is 12.7. The van der Waals surface area contributed by atoms with Gasteiger partial charge < -0.3 is 21.9 Å². The Balaban J connectivity index is 3.36. The zero-order valence-electron chi connectivity index (χ0n) is 17.6. The monoisotopic (exact) mass is 474 g/mol. The minimum absolute atomic E-state index is 0.0341. The number of hydrogen-bond acceptors (Lipinski definition) is 5. The number of rotatable bonds is 10. The highest BCUT2D eigenvalue weighted by Crippen LogP contribution is 2.24. The molecule has 1 aromatic rings. The second-order valence-electron chi connectivity index (χ2n) is 7.17. The van der Waals surface area contributed by atoms with Crippen molar-refractivity contribution >= 4 is 47.1 Å². The summed E-state index contributed by atoms with van der Waals surface area (Å²) < 4.78 is 0. The Bertz CT molecular complexity index is 824. The van der Waals surface area contributed by atoms with Crippen LogP contribution in [0, 0.1) is 0 Å². The number of nitrogens with zero attached hydrogens (tertiary/aromatic N) is 2. The number of aliphatic carboxylic acids is 1. The van der Waals surface area contributed by atoms with E-state index in [0.29, 0.717) is 20.5 Å². The van der Waals surface area contributed by atoms with E-state index >= 15 is 0 Å². The Morgan fingerprint density at radius 1 is 1.19 bits per heavy atom. The summed E-state index contributed by atoms with van der Waals surface area (Å²) in [5.41, 5.74) is 9.14. The third-order valence-corrected chi connectivity index (χ3v) is 4.60. The molecule has 0 heterocycles. The van der Waals surface area contributed by atoms with Gasteiger partial charge in [-0.15, -0.1) is 0 Å². The average Bonchev–Trinajstić information content (AvgIpc) is 2.60. The summed E-state index contributed by atoms with van der Waals surface area (Å²) >= 11 is 12.0. The van der Waals surface area contributed by atoms with Gasteiger partial charge in [-0.3, -0.25) is 15.1 Å². The van der Waals surface area contributed by atoms with Crippen LogP contribution in [0.4, 0.5) is 4.79 Å². The highest BCUT2D eigenvalue weighted by atomic mass is 35.5. The number of nitrogens with one attached hydrogen (secondary N) is 2. The Morgan fingerprint density at radius 3 is 2.23 bits per heavy atom. The zero-order valence-corrected chi connectivity index (χ0v) is 19.1. The number of benzene rings is 1. The lowest BCUT2D eigenvalue weighted by atomic mass is 10.00. The van der Waals surface area contributed by atoms with Crippen LogP contribution in [0.5, 0.6) is 0 Å². The number of hydrogen-bond donors (Lipinski definition) is 5. The summed E-state index contributed by atoms with van der Waals surface area (Å²) in [7, 11) is 0. The topological polar surface area (TPSA) is 163 Å². The number of carboxylic acid groups (broad SMARTS) is 1. The van der Waals surface area contributed by atoms with E-state index in [0.717, 1.165) is 6.92 Å². The molecule has 31 heavy (non-hydrogen) atoms. The van der Waals surface area contributed by atoms with Crippen LogP contribution in [0.1, 0.15) is 39.2 Å². The second kappa shape index (κ2) is 11.7. The molecule has 0 saturated carbocycles. The van der Waals surface area contributed by atoms with Crippen LogP contribution in [0.3, 0.4) is 0 Å². The second-order valence-corrected chi connectivity index (χ2v) is 8.04. The molecule has 0 aliphatic carbocycles. The van der Waals surface area contributed by atoms with Crippen LogP contribution in [0.2, 0.25) is 10.0 Å². The van der Waals surface area contributed by atoms with E-state index in [1.54, 1.807) is 26.0 Å². The van der Waals surface area contributed by atoms with E-state index in [1.165, 1.54) is 6.07 Å². The maximum Gasteiger partial charge on any atom is 0.345 e. The minimum Gasteiger partial charge on any atom is -0.478 e. The lowest BCUT2D eigenvalue weighted by Gasteiger charge is -2.39. The van der Waals surface area contributed by atoms with E-state index in [4.69, 9.17) is 34.7 Å². The van der Waals surface area contributed by atoms with Crippen LogP contribution >= 0.6 is 23.2 Å². The number of urea groups is 1. The molecule has 0 saturated heterocycles. The number of guanidine groups is 1. The molecule has 0 bridgehead atoms. The molecule has 0 radical (unpaired) electrons. The van der Waals surface area contributed by atoms with E-state index < -0.39 is 23.6 Å². The molecule has 12 heteroatoms. The van der Waals surface area contributed by atoms with Crippen LogP contribution < -0.4 is 22.1 Å². The maximum absolute atomic E-state index is 12.8. The molecule has 0 aliphatic heterocycles. The quantitative estimate of drug-likeness (QED) is 0.149. The van der Waals surface area contributed by atoms with Crippen molar-refractivity contribution in [2.45, 2.75) is 51.9 Å². The summed E-state index contributed by atoms with van der Waals surface area (Å²) in [5, 5.41) is 16.3. The first-order chi connectivity index (χ1) is 14.4. The van der Waals surface area contributed by atoms with Gasteiger partial charge in [-0.25, -0.2) is 14.5 Å². The van der Waals surface area contributed by atoms with Crippen molar-refractivity contribution in [3.63, 3.8) is 0 Å². The fraction of sp³-hybridized carbons (Fsp3) is 0.474. The average molecular weight is 475 g/mol. The number of carboxylic acids is 1. The SMILES string of the molecule is CC(=O)N(C(=O)NC(C)C)[C@](CCCN=C(N)N)(NCc1cc(Cl)cc(Cl)c1)C(=O)O. The summed E-state index contributed by atoms with van der Waals surface area (Å²) in [6, 6.07) is 3.56. The molecule has 0 fully saturated rings. The van der Waals surface area contributed by atoms with Crippen molar-refractivity contribution in [2.24, 2.45) is 16.5 Å². The van der Waals surface area contributed by atoms with Gasteiger partial charge in [0.2, 0.25) is 11.6 Å². The van der Waals surface area contributed by atoms with E-state index in [-0.39, 0.29) is 37.9 Å². The number of carbonyl (C=O) groups excluding carboxylic acids is 2. The smallest absolute Gasteiger partial charge is 0.345 e. The van der Waals surface area contributed by atoms with Gasteiger partial charge in [0.15, 0.2) is 5.96 Å². The highest BCUT2D eigenvalue weighted by Gasteiger charge is 2.48.